The van der Waals surface area contributed by atoms with Crippen LogP contribution >= 0.6 is 0 Å². The van der Waals surface area contributed by atoms with Gasteiger partial charge < -0.3 is 10.6 Å². The van der Waals surface area contributed by atoms with Crippen LogP contribution < -0.4 is 5.73 Å². The van der Waals surface area contributed by atoms with Gasteiger partial charge in [0.2, 0.25) is 5.91 Å². The summed E-state index contributed by atoms with van der Waals surface area (Å²) in [5, 5.41) is 0. The number of carbonyl (C=O) groups is 1. The van der Waals surface area contributed by atoms with Crippen molar-refractivity contribution < 1.29 is 4.79 Å². The summed E-state index contributed by atoms with van der Waals surface area (Å²) in [6, 6.07) is 0. The van der Waals surface area contributed by atoms with Crippen LogP contribution in [0.15, 0.2) is 11.6 Å². The standard InChI is InChI=1S/C14H24N2O/c1-10-4-3-5-11(2)13(10)9-16-7-6-12(8-16)14(15)17/h4,11-13H,3,5-9H2,1-2H3,(H2,15,17)/t11-,12+,13-/m0/s1. The fourth-order valence-corrected chi connectivity index (χ4v) is 3.21. The Balaban J connectivity index is 1.91. The van der Waals surface area contributed by atoms with Crippen molar-refractivity contribution in [2.75, 3.05) is 19.6 Å². The molecule has 1 heterocycles. The van der Waals surface area contributed by atoms with Crippen LogP contribution in [0, 0.1) is 17.8 Å². The molecule has 3 nitrogen and oxygen atoms in total. The number of carbonyl (C=O) groups excluding carboxylic acids is 1. The summed E-state index contributed by atoms with van der Waals surface area (Å²) in [7, 11) is 0. The molecular formula is C14H24N2O. The topological polar surface area (TPSA) is 46.3 Å². The molecule has 0 radical (unpaired) electrons. The van der Waals surface area contributed by atoms with Crippen LogP contribution in [0.1, 0.15) is 33.1 Å². The number of likely N-dealkylation sites (tertiary alicyclic amines) is 1. The Morgan fingerprint density at radius 2 is 2.29 bits per heavy atom. The second kappa shape index (κ2) is 5.21. The number of amides is 1. The molecule has 1 fully saturated rings. The number of nitrogens with zero attached hydrogens (tertiary/aromatic N) is 1. The van der Waals surface area contributed by atoms with Gasteiger partial charge >= 0.3 is 0 Å². The van der Waals surface area contributed by atoms with Crippen LogP contribution in [0.3, 0.4) is 0 Å². The summed E-state index contributed by atoms with van der Waals surface area (Å²) >= 11 is 0. The maximum Gasteiger partial charge on any atom is 0.221 e. The summed E-state index contributed by atoms with van der Waals surface area (Å²) in [6.07, 6.45) is 5.86. The van der Waals surface area contributed by atoms with Crippen molar-refractivity contribution in [2.45, 2.75) is 33.1 Å². The maximum atomic E-state index is 11.2. The van der Waals surface area contributed by atoms with Crippen molar-refractivity contribution >= 4 is 5.91 Å². The first-order chi connectivity index (χ1) is 8.08. The zero-order chi connectivity index (χ0) is 12.4. The number of hydrogen-bond acceptors (Lipinski definition) is 2. The zero-order valence-electron chi connectivity index (χ0n) is 11.0. The molecule has 0 unspecified atom stereocenters. The Hall–Kier alpha value is -0.830. The number of nitrogens with two attached hydrogens (primary N) is 1. The van der Waals surface area contributed by atoms with E-state index in [1.54, 1.807) is 0 Å². The highest BCUT2D eigenvalue weighted by atomic mass is 16.1. The van der Waals surface area contributed by atoms with Crippen LogP contribution in [0.4, 0.5) is 0 Å². The van der Waals surface area contributed by atoms with E-state index in [-0.39, 0.29) is 11.8 Å². The van der Waals surface area contributed by atoms with Gasteiger partial charge in [0.1, 0.15) is 0 Å². The number of hydrogen-bond donors (Lipinski definition) is 1. The minimum Gasteiger partial charge on any atom is -0.369 e. The molecule has 1 aliphatic carbocycles. The summed E-state index contributed by atoms with van der Waals surface area (Å²) in [4.78, 5) is 13.6. The highest BCUT2D eigenvalue weighted by Crippen LogP contribution is 2.31. The smallest absolute Gasteiger partial charge is 0.221 e. The summed E-state index contributed by atoms with van der Waals surface area (Å²) < 4.78 is 0. The van der Waals surface area contributed by atoms with E-state index >= 15 is 0 Å². The quantitative estimate of drug-likeness (QED) is 0.759. The van der Waals surface area contributed by atoms with Crippen LogP contribution in [0.5, 0.6) is 0 Å². The van der Waals surface area contributed by atoms with Gasteiger partial charge in [-0.2, -0.15) is 0 Å². The third-order valence-corrected chi connectivity index (χ3v) is 4.49. The van der Waals surface area contributed by atoms with Crippen molar-refractivity contribution in [3.63, 3.8) is 0 Å². The van der Waals surface area contributed by atoms with Crippen molar-refractivity contribution in [3.05, 3.63) is 11.6 Å². The lowest BCUT2D eigenvalue weighted by atomic mass is 9.80. The lowest BCUT2D eigenvalue weighted by Crippen LogP contribution is -2.34. The zero-order valence-corrected chi connectivity index (χ0v) is 11.0. The second-order valence-corrected chi connectivity index (χ2v) is 5.76. The molecule has 2 aliphatic rings. The molecule has 1 aliphatic heterocycles. The first kappa shape index (κ1) is 12.6. The van der Waals surface area contributed by atoms with Gasteiger partial charge in [-0.1, -0.05) is 18.6 Å². The normalized spacial score (nSPS) is 34.7. The number of primary amides is 1. The molecule has 3 heteroatoms. The van der Waals surface area contributed by atoms with E-state index in [1.807, 2.05) is 0 Å². The Bertz CT molecular complexity index is 324. The fourth-order valence-electron chi connectivity index (χ4n) is 3.21. The Kier molecular flexibility index (Phi) is 3.87. The largest absolute Gasteiger partial charge is 0.369 e. The van der Waals surface area contributed by atoms with E-state index in [4.69, 9.17) is 5.73 Å². The van der Waals surface area contributed by atoms with E-state index in [1.165, 1.54) is 18.4 Å². The van der Waals surface area contributed by atoms with Crippen LogP contribution in [-0.4, -0.2) is 30.4 Å². The molecular weight excluding hydrogens is 212 g/mol. The molecule has 0 aromatic heterocycles. The van der Waals surface area contributed by atoms with Crippen molar-refractivity contribution in [2.24, 2.45) is 23.5 Å². The Labute approximate surface area is 104 Å². The van der Waals surface area contributed by atoms with Gasteiger partial charge in [0.05, 0.1) is 5.92 Å². The van der Waals surface area contributed by atoms with Crippen LogP contribution in [-0.2, 0) is 4.79 Å². The molecule has 3 atom stereocenters. The minimum atomic E-state index is -0.128. The van der Waals surface area contributed by atoms with Gasteiger partial charge in [-0.15, -0.1) is 0 Å². The lowest BCUT2D eigenvalue weighted by molar-refractivity contribution is -0.121. The molecule has 0 saturated carbocycles. The molecule has 17 heavy (non-hydrogen) atoms. The van der Waals surface area contributed by atoms with Gasteiger partial charge in [-0.3, -0.25) is 4.79 Å². The van der Waals surface area contributed by atoms with Gasteiger partial charge in [-0.25, -0.2) is 0 Å². The van der Waals surface area contributed by atoms with Crippen molar-refractivity contribution in [3.8, 4) is 0 Å². The fraction of sp³-hybridized carbons (Fsp3) is 0.786. The first-order valence-corrected chi connectivity index (χ1v) is 6.76. The molecule has 2 N–H and O–H groups in total. The predicted octanol–water partition coefficient (Wildman–Crippen LogP) is 1.79. The summed E-state index contributed by atoms with van der Waals surface area (Å²) in [5.74, 6) is 1.40. The minimum absolute atomic E-state index is 0.0817. The highest BCUT2D eigenvalue weighted by molar-refractivity contribution is 5.77. The third kappa shape index (κ3) is 2.89. The number of allylic oxidation sites excluding steroid dienone is 1. The van der Waals surface area contributed by atoms with E-state index in [0.29, 0.717) is 5.92 Å². The predicted molar refractivity (Wildman–Crippen MR) is 69.4 cm³/mol. The molecule has 1 saturated heterocycles. The average molecular weight is 236 g/mol. The first-order valence-electron chi connectivity index (χ1n) is 6.76. The molecule has 0 aromatic rings. The van der Waals surface area contributed by atoms with E-state index in [9.17, 15) is 4.79 Å². The van der Waals surface area contributed by atoms with Gasteiger partial charge in [-0.05, 0) is 44.6 Å². The molecule has 0 bridgehead atoms. The maximum absolute atomic E-state index is 11.2. The summed E-state index contributed by atoms with van der Waals surface area (Å²) in [5.41, 5.74) is 6.90. The third-order valence-electron chi connectivity index (χ3n) is 4.49. The number of rotatable bonds is 3. The van der Waals surface area contributed by atoms with E-state index < -0.39 is 0 Å². The molecule has 96 valence electrons. The Morgan fingerprint density at radius 3 is 2.88 bits per heavy atom. The van der Waals surface area contributed by atoms with Crippen LogP contribution in [0.25, 0.3) is 0 Å². The van der Waals surface area contributed by atoms with Gasteiger partial charge in [0.15, 0.2) is 0 Å². The van der Waals surface area contributed by atoms with Crippen molar-refractivity contribution in [1.82, 2.24) is 4.90 Å². The Morgan fingerprint density at radius 1 is 1.53 bits per heavy atom. The van der Waals surface area contributed by atoms with E-state index in [2.05, 4.69) is 24.8 Å². The average Bonchev–Trinajstić information content (AvgIpc) is 2.72. The molecule has 2 rings (SSSR count). The SMILES string of the molecule is CC1=CCC[C@H](C)[C@H]1CN1CC[C@@H](C(N)=O)C1. The van der Waals surface area contributed by atoms with Crippen molar-refractivity contribution in [1.29, 1.82) is 0 Å². The monoisotopic (exact) mass is 236 g/mol. The highest BCUT2D eigenvalue weighted by Gasteiger charge is 2.30. The molecule has 1 amide bonds. The summed E-state index contributed by atoms with van der Waals surface area (Å²) in [6.45, 7) is 7.61. The lowest BCUT2D eigenvalue weighted by Gasteiger charge is -2.32. The van der Waals surface area contributed by atoms with Crippen LogP contribution in [0.2, 0.25) is 0 Å². The van der Waals surface area contributed by atoms with Gasteiger partial charge in [0.25, 0.3) is 0 Å². The molecule has 0 aromatic carbocycles. The molecule has 0 spiro atoms. The van der Waals surface area contributed by atoms with E-state index in [0.717, 1.165) is 32.0 Å². The van der Waals surface area contributed by atoms with Gasteiger partial charge in [0, 0.05) is 13.1 Å². The second-order valence-electron chi connectivity index (χ2n) is 5.76.